The zero-order valence-corrected chi connectivity index (χ0v) is 13.2. The fraction of sp³-hybridized carbons (Fsp3) is 0.214. The molecule has 2 rings (SSSR count). The molecule has 0 aliphatic rings. The minimum Gasteiger partial charge on any atom is -0.487 e. The molecule has 2 N–H and O–H groups in total. The van der Waals surface area contributed by atoms with E-state index in [1.165, 1.54) is 7.05 Å². The molecule has 1 heterocycles. The maximum Gasteiger partial charge on any atom is 0.354 e. The Morgan fingerprint density at radius 3 is 2.69 bits per heavy atom. The van der Waals surface area contributed by atoms with Gasteiger partial charge in [-0.15, -0.1) is 0 Å². The van der Waals surface area contributed by atoms with Gasteiger partial charge in [-0.05, 0) is 0 Å². The zero-order valence-electron chi connectivity index (χ0n) is 13.2. The van der Waals surface area contributed by atoms with Gasteiger partial charge in [0.1, 0.15) is 12.4 Å². The number of hydrogen-bond acceptors (Lipinski definition) is 6. The number of nitrogens with zero attached hydrogens (tertiary/aromatic N) is 3. The van der Waals surface area contributed by atoms with Gasteiger partial charge in [-0.2, -0.15) is 5.10 Å². The van der Waals surface area contributed by atoms with Crippen LogP contribution in [0.3, 0.4) is 0 Å². The van der Waals surface area contributed by atoms with Crippen LogP contribution in [0.2, 0.25) is 0 Å². The molecule has 0 radical (unpaired) electrons. The highest BCUT2D eigenvalue weighted by Crippen LogP contribution is 2.27. The van der Waals surface area contributed by atoms with Crippen molar-refractivity contribution in [2.75, 3.05) is 11.9 Å². The van der Waals surface area contributed by atoms with Crippen molar-refractivity contribution >= 4 is 23.3 Å². The number of aryl methyl sites for hydroxylation is 1. The Morgan fingerprint density at radius 1 is 1.42 bits per heavy atom. The quantitative estimate of drug-likeness (QED) is 0.561. The summed E-state index contributed by atoms with van der Waals surface area (Å²) in [5, 5.41) is 26.0. The van der Waals surface area contributed by atoms with Crippen LogP contribution in [0.15, 0.2) is 24.4 Å². The molecule has 0 spiro atoms. The summed E-state index contributed by atoms with van der Waals surface area (Å²) in [5.74, 6) is -2.54. The molecule has 1 aromatic heterocycles. The molecule has 0 unspecified atom stereocenters. The molecule has 12 heteroatoms. The smallest absolute Gasteiger partial charge is 0.354 e. The van der Waals surface area contributed by atoms with E-state index in [0.29, 0.717) is 0 Å². The number of carbonyl (C=O) groups excluding carboxylic acids is 1. The van der Waals surface area contributed by atoms with Crippen molar-refractivity contribution in [3.8, 4) is 5.75 Å². The van der Waals surface area contributed by atoms with E-state index in [1.807, 2.05) is 0 Å². The topological polar surface area (TPSA) is 137 Å². The minimum absolute atomic E-state index is 0.131. The average Bonchev–Trinajstić information content (AvgIpc) is 2.94. The van der Waals surface area contributed by atoms with Crippen LogP contribution in [0.25, 0.3) is 0 Å². The van der Waals surface area contributed by atoms with Gasteiger partial charge >= 0.3 is 5.97 Å². The van der Waals surface area contributed by atoms with Gasteiger partial charge in [0.05, 0.1) is 28.4 Å². The number of carbonyl (C=O) groups is 2. The zero-order chi connectivity index (χ0) is 19.4. The highest BCUT2D eigenvalue weighted by atomic mass is 19.3. The number of carboxylic acid groups (broad SMARTS) is 1. The van der Waals surface area contributed by atoms with E-state index >= 15 is 0 Å². The molecule has 10 nitrogen and oxygen atoms in total. The van der Waals surface area contributed by atoms with Gasteiger partial charge in [0.2, 0.25) is 0 Å². The first-order valence-electron chi connectivity index (χ1n) is 6.96. The number of hydrogen-bond donors (Lipinski definition) is 2. The third-order valence-corrected chi connectivity index (χ3v) is 3.12. The molecule has 1 aromatic carbocycles. The second-order valence-electron chi connectivity index (χ2n) is 4.96. The molecule has 2 aromatic rings. The maximum absolute atomic E-state index is 12.3. The summed E-state index contributed by atoms with van der Waals surface area (Å²) in [6.07, 6.45) is -1.77. The van der Waals surface area contributed by atoms with Gasteiger partial charge in [0.15, 0.2) is 5.69 Å². The average molecular weight is 370 g/mol. The molecule has 0 saturated carbocycles. The van der Waals surface area contributed by atoms with Gasteiger partial charge in [0.25, 0.3) is 18.0 Å². The van der Waals surface area contributed by atoms with E-state index in [0.717, 1.165) is 29.1 Å². The van der Waals surface area contributed by atoms with Crippen molar-refractivity contribution in [1.29, 1.82) is 0 Å². The van der Waals surface area contributed by atoms with E-state index < -0.39 is 35.5 Å². The van der Waals surface area contributed by atoms with Crippen molar-refractivity contribution in [3.63, 3.8) is 0 Å². The number of alkyl halides is 2. The van der Waals surface area contributed by atoms with Gasteiger partial charge in [-0.25, -0.2) is 13.6 Å². The van der Waals surface area contributed by atoms with E-state index in [9.17, 15) is 28.5 Å². The van der Waals surface area contributed by atoms with Crippen LogP contribution in [0, 0.1) is 10.1 Å². The number of aromatic nitrogens is 2. The van der Waals surface area contributed by atoms with Crippen molar-refractivity contribution < 1.29 is 33.1 Å². The van der Waals surface area contributed by atoms with Crippen LogP contribution < -0.4 is 10.1 Å². The molecule has 0 aliphatic carbocycles. The number of anilines is 1. The Morgan fingerprint density at radius 2 is 2.12 bits per heavy atom. The molecule has 0 fully saturated rings. The number of carboxylic acids is 1. The van der Waals surface area contributed by atoms with Crippen molar-refractivity contribution in [2.24, 2.45) is 7.05 Å². The van der Waals surface area contributed by atoms with E-state index in [4.69, 9.17) is 9.84 Å². The monoisotopic (exact) mass is 370 g/mol. The Balaban J connectivity index is 2.31. The van der Waals surface area contributed by atoms with E-state index in [-0.39, 0.29) is 22.7 Å². The molecule has 26 heavy (non-hydrogen) atoms. The summed E-state index contributed by atoms with van der Waals surface area (Å²) >= 11 is 0. The lowest BCUT2D eigenvalue weighted by Crippen LogP contribution is -2.17. The largest absolute Gasteiger partial charge is 0.487 e. The lowest BCUT2D eigenvalue weighted by molar-refractivity contribution is -0.384. The number of amides is 1. The summed E-state index contributed by atoms with van der Waals surface area (Å²) in [7, 11) is 1.32. The minimum atomic E-state index is -2.79. The summed E-state index contributed by atoms with van der Waals surface area (Å²) in [5.41, 5.74) is -1.30. The summed E-state index contributed by atoms with van der Waals surface area (Å²) in [6.45, 7) is -0.986. The Kier molecular flexibility index (Phi) is 5.45. The van der Waals surface area contributed by atoms with Gasteiger partial charge in [-0.1, -0.05) is 0 Å². The molecule has 0 aliphatic heterocycles. The highest BCUT2D eigenvalue weighted by Gasteiger charge is 2.22. The maximum atomic E-state index is 12.3. The Hall–Kier alpha value is -3.57. The van der Waals surface area contributed by atoms with Crippen LogP contribution >= 0.6 is 0 Å². The van der Waals surface area contributed by atoms with Crippen molar-refractivity contribution in [2.45, 2.75) is 6.43 Å². The highest BCUT2D eigenvalue weighted by molar-refractivity contribution is 6.10. The normalized spacial score (nSPS) is 10.6. The summed E-state index contributed by atoms with van der Waals surface area (Å²) in [6, 6.07) is 3.00. The number of halogens is 2. The number of aromatic carboxylic acids is 1. The first kappa shape index (κ1) is 18.8. The lowest BCUT2D eigenvalue weighted by atomic mass is 10.2. The van der Waals surface area contributed by atoms with E-state index in [2.05, 4.69) is 10.4 Å². The second-order valence-corrected chi connectivity index (χ2v) is 4.96. The molecule has 138 valence electrons. The number of non-ortho nitro benzene ring substituents is 1. The molecule has 1 amide bonds. The third-order valence-electron chi connectivity index (χ3n) is 3.12. The lowest BCUT2D eigenvalue weighted by Gasteiger charge is -2.09. The van der Waals surface area contributed by atoms with Crippen molar-refractivity contribution in [3.05, 3.63) is 45.8 Å². The van der Waals surface area contributed by atoms with Crippen LogP contribution in [-0.4, -0.2) is 44.7 Å². The first-order valence-corrected chi connectivity index (χ1v) is 6.96. The van der Waals surface area contributed by atoms with Crippen LogP contribution in [0.4, 0.5) is 20.2 Å². The SMILES string of the molecule is Cn1ncc(C(=O)Nc2cc(OCC(F)F)cc([N+](=O)[O-])c2)c1C(=O)O. The standard InChI is InChI=1S/C14H12F2N4O6/c1-19-12(14(22)23)10(5-17-19)13(21)18-7-2-8(20(24)25)4-9(3-7)26-6-11(15)16/h2-5,11H,6H2,1H3,(H,18,21)(H,22,23). The molecular formula is C14H12F2N4O6. The first-order chi connectivity index (χ1) is 12.2. The van der Waals surface area contributed by atoms with Crippen molar-refractivity contribution in [1.82, 2.24) is 9.78 Å². The fourth-order valence-corrected chi connectivity index (χ4v) is 2.06. The van der Waals surface area contributed by atoms with Crippen LogP contribution in [-0.2, 0) is 7.05 Å². The molecule has 0 atom stereocenters. The number of nitro benzene ring substituents is 1. The van der Waals surface area contributed by atoms with Gasteiger partial charge < -0.3 is 15.2 Å². The van der Waals surface area contributed by atoms with Crippen LogP contribution in [0.1, 0.15) is 20.8 Å². The number of nitro groups is 1. The summed E-state index contributed by atoms with van der Waals surface area (Å²) < 4.78 is 30.2. The third kappa shape index (κ3) is 4.28. The Labute approximate surface area is 144 Å². The predicted octanol–water partition coefficient (Wildman–Crippen LogP) is 1.92. The molecule has 0 saturated heterocycles. The number of benzene rings is 1. The Bertz CT molecular complexity index is 867. The molecule has 0 bridgehead atoms. The van der Waals surface area contributed by atoms with Gasteiger partial charge in [0, 0.05) is 19.2 Å². The van der Waals surface area contributed by atoms with E-state index in [1.54, 1.807) is 0 Å². The molecular weight excluding hydrogens is 358 g/mol. The predicted molar refractivity (Wildman–Crippen MR) is 82.7 cm³/mol. The van der Waals surface area contributed by atoms with Gasteiger partial charge in [-0.3, -0.25) is 19.6 Å². The fourth-order valence-electron chi connectivity index (χ4n) is 2.06. The number of ether oxygens (including phenoxy) is 1. The number of nitrogens with one attached hydrogen (secondary N) is 1. The second kappa shape index (κ2) is 7.55. The van der Waals surface area contributed by atoms with Crippen LogP contribution in [0.5, 0.6) is 5.75 Å². The summed E-state index contributed by atoms with van der Waals surface area (Å²) in [4.78, 5) is 33.6. The number of rotatable bonds is 7.